The predicted octanol–water partition coefficient (Wildman–Crippen LogP) is 3.00. The highest BCUT2D eigenvalue weighted by Gasteiger charge is 2.21. The molecule has 0 aliphatic rings. The molecular weight excluding hydrogens is 246 g/mol. The van der Waals surface area contributed by atoms with Crippen molar-refractivity contribution in [1.82, 2.24) is 0 Å². The average molecular weight is 257 g/mol. The first-order valence-electron chi connectivity index (χ1n) is 5.45. The van der Waals surface area contributed by atoms with Crippen molar-refractivity contribution in [2.75, 3.05) is 6.61 Å². The maximum atomic E-state index is 11.9. The number of para-hydroxylation sites is 1. The third-order valence-corrected chi connectivity index (χ3v) is 3.34. The number of carbonyl (C=O) groups excluding carboxylic acids is 1. The lowest BCUT2D eigenvalue weighted by molar-refractivity contribution is -0.121. The summed E-state index contributed by atoms with van der Waals surface area (Å²) in [6.07, 6.45) is 0. The van der Waals surface area contributed by atoms with Crippen LogP contribution in [0.3, 0.4) is 0 Å². The molecule has 2 rings (SSSR count). The monoisotopic (exact) mass is 257 g/mol. The second kappa shape index (κ2) is 5.99. The van der Waals surface area contributed by atoms with Crippen molar-refractivity contribution >= 4 is 17.1 Å². The Labute approximate surface area is 109 Å². The number of thiophene rings is 1. The first kappa shape index (κ1) is 12.3. The van der Waals surface area contributed by atoms with E-state index in [0.717, 1.165) is 4.88 Å². The van der Waals surface area contributed by atoms with Gasteiger partial charge in [0.05, 0.1) is 6.07 Å². The van der Waals surface area contributed by atoms with Crippen LogP contribution in [0.25, 0.3) is 0 Å². The zero-order valence-corrected chi connectivity index (χ0v) is 10.4. The molecule has 0 spiro atoms. The van der Waals surface area contributed by atoms with Gasteiger partial charge in [0.1, 0.15) is 18.3 Å². The van der Waals surface area contributed by atoms with Crippen LogP contribution in [0.15, 0.2) is 47.8 Å². The summed E-state index contributed by atoms with van der Waals surface area (Å²) in [5.41, 5.74) is 0. The molecule has 0 radical (unpaired) electrons. The van der Waals surface area contributed by atoms with E-state index in [9.17, 15) is 4.79 Å². The van der Waals surface area contributed by atoms with Crippen LogP contribution in [-0.4, -0.2) is 12.4 Å². The van der Waals surface area contributed by atoms with Gasteiger partial charge in [0.15, 0.2) is 5.78 Å². The summed E-state index contributed by atoms with van der Waals surface area (Å²) in [6, 6.07) is 14.7. The van der Waals surface area contributed by atoms with E-state index in [1.54, 1.807) is 18.2 Å². The van der Waals surface area contributed by atoms with E-state index in [2.05, 4.69) is 0 Å². The van der Waals surface area contributed by atoms with Gasteiger partial charge in [-0.1, -0.05) is 24.3 Å². The van der Waals surface area contributed by atoms with Gasteiger partial charge in [0.2, 0.25) is 0 Å². The van der Waals surface area contributed by atoms with Gasteiger partial charge in [0, 0.05) is 4.88 Å². The number of benzene rings is 1. The Morgan fingerprint density at radius 3 is 2.67 bits per heavy atom. The van der Waals surface area contributed by atoms with E-state index < -0.39 is 5.92 Å². The van der Waals surface area contributed by atoms with E-state index in [-0.39, 0.29) is 12.4 Å². The smallest absolute Gasteiger partial charge is 0.192 e. The SMILES string of the molecule is N#CC(C(=O)COc1ccccc1)c1cccs1. The van der Waals surface area contributed by atoms with Gasteiger partial charge >= 0.3 is 0 Å². The van der Waals surface area contributed by atoms with Gasteiger partial charge in [-0.25, -0.2) is 0 Å². The molecule has 0 aliphatic heterocycles. The minimum Gasteiger partial charge on any atom is -0.486 e. The molecule has 1 aromatic heterocycles. The van der Waals surface area contributed by atoms with Gasteiger partial charge in [0.25, 0.3) is 0 Å². The number of rotatable bonds is 5. The number of nitrogens with zero attached hydrogens (tertiary/aromatic N) is 1. The summed E-state index contributed by atoms with van der Waals surface area (Å²) in [5, 5.41) is 10.9. The lowest BCUT2D eigenvalue weighted by Gasteiger charge is -2.08. The number of ketones is 1. The molecule has 3 nitrogen and oxygen atoms in total. The molecule has 1 aromatic carbocycles. The normalized spacial score (nSPS) is 11.5. The Bertz CT molecular complexity index is 543. The van der Waals surface area contributed by atoms with Gasteiger partial charge < -0.3 is 4.74 Å². The summed E-state index contributed by atoms with van der Waals surface area (Å²) in [7, 11) is 0. The van der Waals surface area contributed by atoms with Crippen molar-refractivity contribution in [2.45, 2.75) is 5.92 Å². The van der Waals surface area contributed by atoms with Crippen LogP contribution in [0.4, 0.5) is 0 Å². The maximum absolute atomic E-state index is 11.9. The molecule has 0 saturated carbocycles. The second-order valence-electron chi connectivity index (χ2n) is 3.65. The molecule has 1 unspecified atom stereocenters. The quantitative estimate of drug-likeness (QED) is 0.827. The molecule has 0 amide bonds. The third-order valence-electron chi connectivity index (χ3n) is 2.40. The van der Waals surface area contributed by atoms with Gasteiger partial charge in [-0.3, -0.25) is 4.79 Å². The maximum Gasteiger partial charge on any atom is 0.192 e. The molecule has 1 atom stereocenters. The number of carbonyl (C=O) groups is 1. The highest BCUT2D eigenvalue weighted by atomic mass is 32.1. The van der Waals surface area contributed by atoms with Crippen molar-refractivity contribution in [2.24, 2.45) is 0 Å². The largest absolute Gasteiger partial charge is 0.486 e. The summed E-state index contributed by atoms with van der Waals surface area (Å²) in [4.78, 5) is 12.7. The Kier molecular flexibility index (Phi) is 4.11. The van der Waals surface area contributed by atoms with Crippen LogP contribution in [0.2, 0.25) is 0 Å². The van der Waals surface area contributed by atoms with Crippen molar-refractivity contribution in [3.05, 3.63) is 52.7 Å². The summed E-state index contributed by atoms with van der Waals surface area (Å²) < 4.78 is 5.35. The zero-order chi connectivity index (χ0) is 12.8. The molecule has 1 heterocycles. The summed E-state index contributed by atoms with van der Waals surface area (Å²) in [6.45, 7) is -0.0832. The third kappa shape index (κ3) is 2.96. The fraction of sp³-hybridized carbons (Fsp3) is 0.143. The van der Waals surface area contributed by atoms with Crippen LogP contribution >= 0.6 is 11.3 Å². The van der Waals surface area contributed by atoms with Gasteiger partial charge in [-0.05, 0) is 23.6 Å². The molecule has 4 heteroatoms. The lowest BCUT2D eigenvalue weighted by atomic mass is 10.1. The Hall–Kier alpha value is -2.12. The molecule has 0 bridgehead atoms. The number of ether oxygens (including phenoxy) is 1. The standard InChI is InChI=1S/C14H11NO2S/c15-9-12(14-7-4-8-18-14)13(16)10-17-11-5-2-1-3-6-11/h1-8,12H,10H2. The van der Waals surface area contributed by atoms with E-state index in [1.807, 2.05) is 35.7 Å². The van der Waals surface area contributed by atoms with Crippen LogP contribution in [0.5, 0.6) is 5.75 Å². The molecule has 0 aliphatic carbocycles. The van der Waals surface area contributed by atoms with Crippen LogP contribution in [0, 0.1) is 11.3 Å². The predicted molar refractivity (Wildman–Crippen MR) is 69.6 cm³/mol. The lowest BCUT2D eigenvalue weighted by Crippen LogP contribution is -2.18. The van der Waals surface area contributed by atoms with Gasteiger partial charge in [-0.15, -0.1) is 11.3 Å². The van der Waals surface area contributed by atoms with E-state index in [0.29, 0.717) is 5.75 Å². The summed E-state index contributed by atoms with van der Waals surface area (Å²) >= 11 is 1.41. The topological polar surface area (TPSA) is 50.1 Å². The molecule has 18 heavy (non-hydrogen) atoms. The van der Waals surface area contributed by atoms with E-state index in [1.165, 1.54) is 11.3 Å². The molecule has 0 fully saturated rings. The number of hydrogen-bond donors (Lipinski definition) is 0. The molecular formula is C14H11NO2S. The minimum absolute atomic E-state index is 0.0832. The van der Waals surface area contributed by atoms with Crippen LogP contribution in [0.1, 0.15) is 10.8 Å². The van der Waals surface area contributed by atoms with Crippen molar-refractivity contribution < 1.29 is 9.53 Å². The number of hydrogen-bond acceptors (Lipinski definition) is 4. The fourth-order valence-corrected chi connectivity index (χ4v) is 2.30. The second-order valence-corrected chi connectivity index (χ2v) is 4.62. The molecule has 2 aromatic rings. The zero-order valence-electron chi connectivity index (χ0n) is 9.58. The fourth-order valence-electron chi connectivity index (χ4n) is 1.50. The van der Waals surface area contributed by atoms with Crippen molar-refractivity contribution in [3.8, 4) is 11.8 Å². The van der Waals surface area contributed by atoms with Gasteiger partial charge in [-0.2, -0.15) is 5.26 Å². The first-order chi connectivity index (χ1) is 8.81. The number of Topliss-reactive ketones (excluding diaryl/α,β-unsaturated/α-hetero) is 1. The van der Waals surface area contributed by atoms with E-state index >= 15 is 0 Å². The summed E-state index contributed by atoms with van der Waals surface area (Å²) in [5.74, 6) is -0.314. The molecule has 90 valence electrons. The Morgan fingerprint density at radius 1 is 1.28 bits per heavy atom. The number of nitriles is 1. The van der Waals surface area contributed by atoms with Crippen molar-refractivity contribution in [1.29, 1.82) is 5.26 Å². The van der Waals surface area contributed by atoms with Crippen LogP contribution < -0.4 is 4.74 Å². The first-order valence-corrected chi connectivity index (χ1v) is 6.33. The average Bonchev–Trinajstić information content (AvgIpc) is 2.92. The van der Waals surface area contributed by atoms with E-state index in [4.69, 9.17) is 10.00 Å². The van der Waals surface area contributed by atoms with Crippen LogP contribution in [-0.2, 0) is 4.79 Å². The molecule has 0 saturated heterocycles. The minimum atomic E-state index is -0.728. The highest BCUT2D eigenvalue weighted by molar-refractivity contribution is 7.10. The molecule has 0 N–H and O–H groups in total. The Balaban J connectivity index is 1.98. The van der Waals surface area contributed by atoms with Crippen molar-refractivity contribution in [3.63, 3.8) is 0 Å². The Morgan fingerprint density at radius 2 is 2.06 bits per heavy atom. The highest BCUT2D eigenvalue weighted by Crippen LogP contribution is 2.21.